The third-order valence-corrected chi connectivity index (χ3v) is 2.70. The molecule has 80 valence electrons. The van der Waals surface area contributed by atoms with Crippen LogP contribution in [0.15, 0.2) is 23.1 Å². The second-order valence-corrected chi connectivity index (χ2v) is 3.50. The molecule has 0 radical (unpaired) electrons. The number of methoxy groups -OCH3 is 1. The van der Waals surface area contributed by atoms with E-state index in [2.05, 4.69) is 4.74 Å². The number of carboxylic acid groups (broad SMARTS) is 1. The van der Waals surface area contributed by atoms with Crippen molar-refractivity contribution in [3.05, 3.63) is 29.3 Å². The number of hydrogen-bond acceptors (Lipinski definition) is 4. The molecule has 5 heteroatoms. The van der Waals surface area contributed by atoms with Gasteiger partial charge in [0.05, 0.1) is 18.2 Å². The summed E-state index contributed by atoms with van der Waals surface area (Å²) in [6, 6.07) is 4.53. The molecule has 1 aromatic carbocycles. The highest BCUT2D eigenvalue weighted by Gasteiger charge is 2.17. The van der Waals surface area contributed by atoms with Crippen molar-refractivity contribution in [2.75, 3.05) is 13.4 Å². The maximum absolute atomic E-state index is 11.3. The number of carbonyl (C=O) groups excluding carboxylic acids is 1. The summed E-state index contributed by atoms with van der Waals surface area (Å²) in [7, 11) is 1.26. The summed E-state index contributed by atoms with van der Waals surface area (Å²) in [6.45, 7) is 0. The predicted molar refractivity (Wildman–Crippen MR) is 56.5 cm³/mol. The van der Waals surface area contributed by atoms with Gasteiger partial charge >= 0.3 is 11.9 Å². The molecule has 4 nitrogen and oxygen atoms in total. The summed E-state index contributed by atoms with van der Waals surface area (Å²) in [4.78, 5) is 22.6. The quantitative estimate of drug-likeness (QED) is 0.630. The van der Waals surface area contributed by atoms with Crippen LogP contribution in [-0.4, -0.2) is 30.4 Å². The van der Waals surface area contributed by atoms with Crippen LogP contribution < -0.4 is 0 Å². The molecule has 0 saturated heterocycles. The number of rotatable bonds is 3. The molecule has 0 aliphatic heterocycles. The number of benzene rings is 1. The fourth-order valence-electron chi connectivity index (χ4n) is 1.20. The molecule has 1 N–H and O–H groups in total. The van der Waals surface area contributed by atoms with E-state index in [1.54, 1.807) is 12.3 Å². The highest BCUT2D eigenvalue weighted by atomic mass is 32.2. The van der Waals surface area contributed by atoms with Crippen LogP contribution in [-0.2, 0) is 4.74 Å². The molecule has 0 aromatic heterocycles. The van der Waals surface area contributed by atoms with E-state index < -0.39 is 11.9 Å². The molecule has 0 heterocycles. The zero-order valence-electron chi connectivity index (χ0n) is 8.31. The van der Waals surface area contributed by atoms with Gasteiger partial charge in [-0.1, -0.05) is 6.07 Å². The Hall–Kier alpha value is -1.49. The van der Waals surface area contributed by atoms with E-state index in [0.717, 1.165) is 0 Å². The molecule has 0 spiro atoms. The van der Waals surface area contributed by atoms with E-state index in [4.69, 9.17) is 5.11 Å². The Labute approximate surface area is 91.2 Å². The highest BCUT2D eigenvalue weighted by molar-refractivity contribution is 7.98. The minimum Gasteiger partial charge on any atom is -0.478 e. The SMILES string of the molecule is COC(=O)c1cccc(C(=O)O)c1SC. The molecular formula is C10H10O4S. The maximum Gasteiger partial charge on any atom is 0.339 e. The standard InChI is InChI=1S/C10H10O4S/c1-14-10(13)7-5-3-4-6(9(11)12)8(7)15-2/h3-5H,1-2H3,(H,11,12). The zero-order chi connectivity index (χ0) is 11.4. The van der Waals surface area contributed by atoms with E-state index >= 15 is 0 Å². The van der Waals surface area contributed by atoms with Crippen molar-refractivity contribution in [1.29, 1.82) is 0 Å². The maximum atomic E-state index is 11.3. The van der Waals surface area contributed by atoms with Gasteiger partial charge in [-0.3, -0.25) is 0 Å². The first kappa shape index (κ1) is 11.6. The molecule has 0 saturated carbocycles. The monoisotopic (exact) mass is 226 g/mol. The van der Waals surface area contributed by atoms with Crippen molar-refractivity contribution >= 4 is 23.7 Å². The number of hydrogen-bond donors (Lipinski definition) is 1. The van der Waals surface area contributed by atoms with Crippen LogP contribution in [0, 0.1) is 0 Å². The number of carboxylic acids is 1. The molecule has 15 heavy (non-hydrogen) atoms. The van der Waals surface area contributed by atoms with Gasteiger partial charge in [0, 0.05) is 4.90 Å². The van der Waals surface area contributed by atoms with Gasteiger partial charge < -0.3 is 9.84 Å². The average molecular weight is 226 g/mol. The molecule has 0 unspecified atom stereocenters. The number of thioether (sulfide) groups is 1. The smallest absolute Gasteiger partial charge is 0.339 e. The fraction of sp³-hybridized carbons (Fsp3) is 0.200. The molecule has 0 amide bonds. The van der Waals surface area contributed by atoms with Crippen LogP contribution in [0.4, 0.5) is 0 Å². The largest absolute Gasteiger partial charge is 0.478 e. The van der Waals surface area contributed by atoms with Crippen molar-refractivity contribution in [2.45, 2.75) is 4.90 Å². The Morgan fingerprint density at radius 2 is 1.93 bits per heavy atom. The Kier molecular flexibility index (Phi) is 3.74. The molecule has 0 aliphatic rings. The zero-order valence-corrected chi connectivity index (χ0v) is 9.13. The van der Waals surface area contributed by atoms with Gasteiger partial charge in [-0.2, -0.15) is 0 Å². The van der Waals surface area contributed by atoms with Crippen molar-refractivity contribution in [1.82, 2.24) is 0 Å². The van der Waals surface area contributed by atoms with Gasteiger partial charge in [0.2, 0.25) is 0 Å². The average Bonchev–Trinajstić information content (AvgIpc) is 2.26. The molecule has 0 atom stereocenters. The van der Waals surface area contributed by atoms with Crippen LogP contribution in [0.25, 0.3) is 0 Å². The second kappa shape index (κ2) is 4.84. The second-order valence-electron chi connectivity index (χ2n) is 2.68. The van der Waals surface area contributed by atoms with Crippen LogP contribution in [0.3, 0.4) is 0 Å². The molecule has 1 rings (SSSR count). The van der Waals surface area contributed by atoms with Crippen LogP contribution in [0.5, 0.6) is 0 Å². The Morgan fingerprint density at radius 1 is 1.33 bits per heavy atom. The van der Waals surface area contributed by atoms with Gasteiger partial charge in [-0.25, -0.2) is 9.59 Å². The molecule has 0 aliphatic carbocycles. The summed E-state index contributed by atoms with van der Waals surface area (Å²) in [5.74, 6) is -1.58. The molecular weight excluding hydrogens is 216 g/mol. The van der Waals surface area contributed by atoms with Gasteiger partial charge in [-0.15, -0.1) is 11.8 Å². The first-order valence-electron chi connectivity index (χ1n) is 4.10. The molecule has 0 fully saturated rings. The number of aromatic carboxylic acids is 1. The fourth-order valence-corrected chi connectivity index (χ4v) is 1.94. The van der Waals surface area contributed by atoms with E-state index in [1.807, 2.05) is 0 Å². The summed E-state index contributed by atoms with van der Waals surface area (Å²) in [5, 5.41) is 8.91. The van der Waals surface area contributed by atoms with Crippen LogP contribution in [0.2, 0.25) is 0 Å². The van der Waals surface area contributed by atoms with Gasteiger partial charge in [0.1, 0.15) is 0 Å². The first-order chi connectivity index (χ1) is 7.11. The van der Waals surface area contributed by atoms with E-state index in [1.165, 1.54) is 31.0 Å². The minimum atomic E-state index is -1.05. The molecule has 0 bridgehead atoms. The molecule has 1 aromatic rings. The van der Waals surface area contributed by atoms with Crippen molar-refractivity contribution in [2.24, 2.45) is 0 Å². The van der Waals surface area contributed by atoms with Crippen LogP contribution >= 0.6 is 11.8 Å². The third kappa shape index (κ3) is 2.30. The summed E-state index contributed by atoms with van der Waals surface area (Å²) >= 11 is 1.21. The van der Waals surface area contributed by atoms with Crippen molar-refractivity contribution < 1.29 is 19.4 Å². The summed E-state index contributed by atoms with van der Waals surface area (Å²) in [6.07, 6.45) is 1.72. The Morgan fingerprint density at radius 3 is 2.40 bits per heavy atom. The summed E-state index contributed by atoms with van der Waals surface area (Å²) in [5.41, 5.74) is 0.398. The van der Waals surface area contributed by atoms with Crippen molar-refractivity contribution in [3.8, 4) is 0 Å². The van der Waals surface area contributed by atoms with Crippen molar-refractivity contribution in [3.63, 3.8) is 0 Å². The van der Waals surface area contributed by atoms with Gasteiger partial charge in [0.25, 0.3) is 0 Å². The third-order valence-electron chi connectivity index (χ3n) is 1.85. The van der Waals surface area contributed by atoms with E-state index in [9.17, 15) is 9.59 Å². The predicted octanol–water partition coefficient (Wildman–Crippen LogP) is 1.89. The Bertz CT molecular complexity index is 400. The Balaban J connectivity index is 3.34. The topological polar surface area (TPSA) is 63.6 Å². The lowest BCUT2D eigenvalue weighted by atomic mass is 10.1. The minimum absolute atomic E-state index is 0.116. The van der Waals surface area contributed by atoms with Gasteiger partial charge in [-0.05, 0) is 18.4 Å². The van der Waals surface area contributed by atoms with Crippen LogP contribution in [0.1, 0.15) is 20.7 Å². The van der Waals surface area contributed by atoms with E-state index in [0.29, 0.717) is 4.90 Å². The normalized spacial score (nSPS) is 9.73. The first-order valence-corrected chi connectivity index (χ1v) is 5.33. The number of esters is 1. The number of carbonyl (C=O) groups is 2. The lowest BCUT2D eigenvalue weighted by molar-refractivity contribution is 0.0596. The lowest BCUT2D eigenvalue weighted by Crippen LogP contribution is -2.07. The number of ether oxygens (including phenoxy) is 1. The summed E-state index contributed by atoms with van der Waals surface area (Å²) < 4.78 is 4.57. The van der Waals surface area contributed by atoms with Gasteiger partial charge in [0.15, 0.2) is 0 Å². The lowest BCUT2D eigenvalue weighted by Gasteiger charge is -2.07. The van der Waals surface area contributed by atoms with E-state index in [-0.39, 0.29) is 11.1 Å². The highest BCUT2D eigenvalue weighted by Crippen LogP contribution is 2.25.